The number of nitrogens with zero attached hydrogens (tertiary/aromatic N) is 1. The highest BCUT2D eigenvalue weighted by molar-refractivity contribution is 5.91. The second-order valence-corrected chi connectivity index (χ2v) is 5.93. The van der Waals surface area contributed by atoms with Gasteiger partial charge in [0.05, 0.1) is 12.5 Å². The van der Waals surface area contributed by atoms with E-state index in [-0.39, 0.29) is 12.5 Å². The summed E-state index contributed by atoms with van der Waals surface area (Å²) in [6, 6.07) is 15.8. The van der Waals surface area contributed by atoms with Crippen molar-refractivity contribution in [1.29, 1.82) is 0 Å². The van der Waals surface area contributed by atoms with Crippen molar-refractivity contribution < 1.29 is 14.7 Å². The molecule has 0 fully saturated rings. The molecule has 0 radical (unpaired) electrons. The van der Waals surface area contributed by atoms with Gasteiger partial charge in [-0.25, -0.2) is 0 Å². The number of fused-ring (bicyclic) bond motifs is 1. The smallest absolute Gasteiger partial charge is 0.244 e. The van der Waals surface area contributed by atoms with E-state index in [1.165, 1.54) is 4.90 Å². The van der Waals surface area contributed by atoms with E-state index in [1.807, 2.05) is 42.5 Å². The fraction of sp³-hybridized carbons (Fsp3) is 0.263. The zero-order valence-corrected chi connectivity index (χ0v) is 13.3. The number of hydrogen-bond acceptors (Lipinski definition) is 3. The van der Waals surface area contributed by atoms with Crippen LogP contribution in [0.25, 0.3) is 0 Å². The van der Waals surface area contributed by atoms with Gasteiger partial charge in [0.2, 0.25) is 11.8 Å². The Balaban J connectivity index is 1.95. The number of carbonyl (C=O) groups excluding carboxylic acids is 2. The first-order valence-corrected chi connectivity index (χ1v) is 7.97. The quantitative estimate of drug-likeness (QED) is 0.891. The number of nitrogens with two attached hydrogens (primary N) is 1. The zero-order valence-electron chi connectivity index (χ0n) is 13.3. The molecule has 3 rings (SSSR count). The molecule has 2 aromatic carbocycles. The lowest BCUT2D eigenvalue weighted by Crippen LogP contribution is -2.48. The van der Waals surface area contributed by atoms with E-state index in [0.29, 0.717) is 13.0 Å². The van der Waals surface area contributed by atoms with Gasteiger partial charge in [-0.15, -0.1) is 0 Å². The molecule has 3 N–H and O–H groups in total. The van der Waals surface area contributed by atoms with E-state index >= 15 is 0 Å². The predicted octanol–water partition coefficient (Wildman–Crippen LogP) is 1.37. The number of carbonyl (C=O) groups is 2. The summed E-state index contributed by atoms with van der Waals surface area (Å²) in [5, 5.41) is 9.74. The third kappa shape index (κ3) is 2.90. The first kappa shape index (κ1) is 16.2. The van der Waals surface area contributed by atoms with Crippen molar-refractivity contribution in [2.75, 3.05) is 13.2 Å². The number of benzene rings is 2. The molecule has 0 bridgehead atoms. The molecule has 1 aliphatic rings. The Morgan fingerprint density at radius 1 is 1.12 bits per heavy atom. The standard InChI is InChI=1S/C19H20N2O3/c20-18(23)17-15-9-5-4-8-14(15)10-11-21(17)19(24)16(12-22)13-6-2-1-3-7-13/h1-9,16-17,22H,10-12H2,(H2,20,23). The van der Waals surface area contributed by atoms with Crippen LogP contribution < -0.4 is 5.73 Å². The molecule has 2 unspecified atom stereocenters. The van der Waals surface area contributed by atoms with Gasteiger partial charge in [-0.05, 0) is 23.1 Å². The van der Waals surface area contributed by atoms with Gasteiger partial charge in [0, 0.05) is 6.54 Å². The first-order valence-electron chi connectivity index (χ1n) is 7.97. The van der Waals surface area contributed by atoms with Crippen molar-refractivity contribution in [2.24, 2.45) is 5.73 Å². The van der Waals surface area contributed by atoms with E-state index in [0.717, 1.165) is 16.7 Å². The number of aliphatic hydroxyl groups is 1. The minimum absolute atomic E-state index is 0.276. The van der Waals surface area contributed by atoms with Gasteiger partial charge >= 0.3 is 0 Å². The van der Waals surface area contributed by atoms with Gasteiger partial charge in [0.1, 0.15) is 6.04 Å². The molecule has 0 saturated heterocycles. The normalized spacial score (nSPS) is 17.9. The molecule has 5 nitrogen and oxygen atoms in total. The first-order chi connectivity index (χ1) is 11.6. The fourth-order valence-corrected chi connectivity index (χ4v) is 3.32. The van der Waals surface area contributed by atoms with E-state index < -0.39 is 17.9 Å². The molecule has 2 amide bonds. The molecule has 5 heteroatoms. The SMILES string of the molecule is NC(=O)C1c2ccccc2CCN1C(=O)C(CO)c1ccccc1. The third-order valence-electron chi connectivity index (χ3n) is 4.52. The van der Waals surface area contributed by atoms with Crippen LogP contribution in [-0.4, -0.2) is 35.0 Å². The van der Waals surface area contributed by atoms with E-state index in [1.54, 1.807) is 12.1 Å². The maximum absolute atomic E-state index is 13.0. The monoisotopic (exact) mass is 324 g/mol. The number of hydrogen-bond donors (Lipinski definition) is 2. The summed E-state index contributed by atoms with van der Waals surface area (Å²) >= 11 is 0. The highest BCUT2D eigenvalue weighted by Gasteiger charge is 2.37. The molecule has 124 valence electrons. The van der Waals surface area contributed by atoms with Gasteiger partial charge in [-0.1, -0.05) is 54.6 Å². The number of amides is 2. The largest absolute Gasteiger partial charge is 0.395 e. The van der Waals surface area contributed by atoms with Gasteiger partial charge in [-0.3, -0.25) is 9.59 Å². The topological polar surface area (TPSA) is 83.6 Å². The fourth-order valence-electron chi connectivity index (χ4n) is 3.32. The van der Waals surface area contributed by atoms with Crippen LogP contribution in [0, 0.1) is 0 Å². The van der Waals surface area contributed by atoms with Crippen molar-refractivity contribution >= 4 is 11.8 Å². The maximum atomic E-state index is 13.0. The van der Waals surface area contributed by atoms with Crippen LogP contribution in [0.1, 0.15) is 28.7 Å². The van der Waals surface area contributed by atoms with E-state index in [4.69, 9.17) is 5.73 Å². The zero-order chi connectivity index (χ0) is 17.1. The lowest BCUT2D eigenvalue weighted by molar-refractivity contribution is -0.142. The Kier molecular flexibility index (Phi) is 4.62. The predicted molar refractivity (Wildman–Crippen MR) is 90.1 cm³/mol. The average molecular weight is 324 g/mol. The molecule has 1 aliphatic heterocycles. The van der Waals surface area contributed by atoms with Crippen LogP contribution in [0.15, 0.2) is 54.6 Å². The summed E-state index contributed by atoms with van der Waals surface area (Å²) in [6.07, 6.45) is 0.665. The van der Waals surface area contributed by atoms with Crippen LogP contribution in [0.5, 0.6) is 0 Å². The third-order valence-corrected chi connectivity index (χ3v) is 4.52. The summed E-state index contributed by atoms with van der Waals surface area (Å²) < 4.78 is 0. The Morgan fingerprint density at radius 2 is 1.79 bits per heavy atom. The average Bonchev–Trinajstić information content (AvgIpc) is 2.62. The van der Waals surface area contributed by atoms with Crippen LogP contribution in [0.4, 0.5) is 0 Å². The van der Waals surface area contributed by atoms with Crippen LogP contribution >= 0.6 is 0 Å². The summed E-state index contributed by atoms with van der Waals surface area (Å²) in [5.41, 5.74) is 8.13. The summed E-state index contributed by atoms with van der Waals surface area (Å²) in [6.45, 7) is 0.0965. The second-order valence-electron chi connectivity index (χ2n) is 5.93. The molecule has 1 heterocycles. The Bertz CT molecular complexity index is 745. The minimum Gasteiger partial charge on any atom is -0.395 e. The highest BCUT2D eigenvalue weighted by atomic mass is 16.3. The maximum Gasteiger partial charge on any atom is 0.244 e. The number of aliphatic hydroxyl groups excluding tert-OH is 1. The Hall–Kier alpha value is -2.66. The van der Waals surface area contributed by atoms with Crippen LogP contribution in [-0.2, 0) is 16.0 Å². The van der Waals surface area contributed by atoms with Crippen molar-refractivity contribution in [3.05, 3.63) is 71.3 Å². The number of rotatable bonds is 4. The highest BCUT2D eigenvalue weighted by Crippen LogP contribution is 2.32. The van der Waals surface area contributed by atoms with E-state index in [2.05, 4.69) is 0 Å². The lowest BCUT2D eigenvalue weighted by atomic mass is 9.89. The molecular formula is C19H20N2O3. The van der Waals surface area contributed by atoms with Crippen molar-refractivity contribution in [3.8, 4) is 0 Å². The van der Waals surface area contributed by atoms with Crippen molar-refractivity contribution in [1.82, 2.24) is 4.90 Å². The molecule has 24 heavy (non-hydrogen) atoms. The Labute approximate surface area is 140 Å². The summed E-state index contributed by atoms with van der Waals surface area (Å²) in [4.78, 5) is 26.6. The van der Waals surface area contributed by atoms with E-state index in [9.17, 15) is 14.7 Å². The van der Waals surface area contributed by atoms with Gasteiger partial charge < -0.3 is 15.7 Å². The van der Waals surface area contributed by atoms with Gasteiger partial charge in [0.25, 0.3) is 0 Å². The molecule has 0 aromatic heterocycles. The van der Waals surface area contributed by atoms with Crippen molar-refractivity contribution in [2.45, 2.75) is 18.4 Å². The van der Waals surface area contributed by atoms with Crippen molar-refractivity contribution in [3.63, 3.8) is 0 Å². The minimum atomic E-state index is -0.791. The number of primary amides is 1. The molecule has 0 aliphatic carbocycles. The lowest BCUT2D eigenvalue weighted by Gasteiger charge is -2.37. The van der Waals surface area contributed by atoms with Crippen LogP contribution in [0.2, 0.25) is 0 Å². The summed E-state index contributed by atoms with van der Waals surface area (Å²) in [7, 11) is 0. The summed E-state index contributed by atoms with van der Waals surface area (Å²) in [5.74, 6) is -1.53. The molecule has 2 atom stereocenters. The molecule has 2 aromatic rings. The molecular weight excluding hydrogens is 304 g/mol. The van der Waals surface area contributed by atoms with Gasteiger partial charge in [-0.2, -0.15) is 0 Å². The Morgan fingerprint density at radius 3 is 2.46 bits per heavy atom. The second kappa shape index (κ2) is 6.84. The molecule has 0 saturated carbocycles. The molecule has 0 spiro atoms. The van der Waals surface area contributed by atoms with Crippen LogP contribution in [0.3, 0.4) is 0 Å². The van der Waals surface area contributed by atoms with Gasteiger partial charge in [0.15, 0.2) is 0 Å².